The van der Waals surface area contributed by atoms with Crippen LogP contribution in [0.25, 0.3) is 0 Å². The number of nitro groups is 1. The maximum Gasteiger partial charge on any atom is 0.276 e. The SMILES string of the molecule is CC(C)(C)CC(O)CNc1cc([N+](=O)[O-])cc(NN)n1. The lowest BCUT2D eigenvalue weighted by Gasteiger charge is -2.22. The Morgan fingerprint density at radius 2 is 2.05 bits per heavy atom. The van der Waals surface area contributed by atoms with Gasteiger partial charge >= 0.3 is 0 Å². The first-order valence-electron chi connectivity index (χ1n) is 6.26. The normalized spacial score (nSPS) is 12.8. The Labute approximate surface area is 117 Å². The number of aromatic nitrogens is 1. The third kappa shape index (κ3) is 5.37. The molecule has 1 atom stereocenters. The van der Waals surface area contributed by atoms with Crippen molar-refractivity contribution in [3.8, 4) is 0 Å². The second-order valence-corrected chi connectivity index (χ2v) is 5.80. The third-order valence-corrected chi connectivity index (χ3v) is 2.54. The molecule has 1 aromatic heterocycles. The van der Waals surface area contributed by atoms with Crippen molar-refractivity contribution < 1.29 is 10.0 Å². The van der Waals surface area contributed by atoms with Crippen LogP contribution in [0.4, 0.5) is 17.3 Å². The predicted octanol–water partition coefficient (Wildman–Crippen LogP) is 1.48. The molecule has 112 valence electrons. The molecule has 0 bridgehead atoms. The number of aliphatic hydroxyl groups excluding tert-OH is 1. The molecule has 0 aliphatic heterocycles. The van der Waals surface area contributed by atoms with Gasteiger partial charge < -0.3 is 15.8 Å². The first-order valence-corrected chi connectivity index (χ1v) is 6.26. The van der Waals surface area contributed by atoms with Crippen molar-refractivity contribution in [1.82, 2.24) is 4.98 Å². The predicted molar refractivity (Wildman–Crippen MR) is 77.3 cm³/mol. The van der Waals surface area contributed by atoms with Crippen LogP contribution in [0.1, 0.15) is 27.2 Å². The number of nitrogens with one attached hydrogen (secondary N) is 2. The molecule has 20 heavy (non-hydrogen) atoms. The number of pyridine rings is 1. The molecule has 8 heteroatoms. The Kier molecular flexibility index (Phi) is 5.23. The van der Waals surface area contributed by atoms with E-state index in [2.05, 4.69) is 15.7 Å². The fourth-order valence-electron chi connectivity index (χ4n) is 1.79. The minimum absolute atomic E-state index is 0.00117. The van der Waals surface area contributed by atoms with Crippen LogP contribution < -0.4 is 16.6 Å². The molecule has 1 heterocycles. The fraction of sp³-hybridized carbons (Fsp3) is 0.583. The quantitative estimate of drug-likeness (QED) is 0.354. The summed E-state index contributed by atoms with van der Waals surface area (Å²) in [4.78, 5) is 14.3. The van der Waals surface area contributed by atoms with E-state index in [1.807, 2.05) is 20.8 Å². The van der Waals surface area contributed by atoms with Gasteiger partial charge in [0, 0.05) is 6.54 Å². The average Bonchev–Trinajstić information content (AvgIpc) is 2.33. The summed E-state index contributed by atoms with van der Waals surface area (Å²) >= 11 is 0. The summed E-state index contributed by atoms with van der Waals surface area (Å²) in [5.74, 6) is 5.69. The van der Waals surface area contributed by atoms with E-state index in [1.54, 1.807) is 0 Å². The van der Waals surface area contributed by atoms with Crippen LogP contribution in [-0.2, 0) is 0 Å². The highest BCUT2D eigenvalue weighted by molar-refractivity contribution is 5.54. The topological polar surface area (TPSA) is 126 Å². The number of aliphatic hydroxyl groups is 1. The Hall–Kier alpha value is -1.93. The van der Waals surface area contributed by atoms with E-state index in [4.69, 9.17) is 5.84 Å². The van der Waals surface area contributed by atoms with Crippen LogP contribution in [0.5, 0.6) is 0 Å². The summed E-state index contributed by atoms with van der Waals surface area (Å²) < 4.78 is 0. The first-order chi connectivity index (χ1) is 9.21. The van der Waals surface area contributed by atoms with Crippen LogP contribution in [0.2, 0.25) is 0 Å². The van der Waals surface area contributed by atoms with Crippen molar-refractivity contribution in [1.29, 1.82) is 0 Å². The van der Waals surface area contributed by atoms with Gasteiger partial charge in [0.2, 0.25) is 0 Å². The molecular formula is C12H21N5O3. The number of nitrogens with zero attached hydrogens (tertiary/aromatic N) is 2. The van der Waals surface area contributed by atoms with Crippen LogP contribution >= 0.6 is 0 Å². The van der Waals surface area contributed by atoms with Crippen LogP contribution in [0.15, 0.2) is 12.1 Å². The maximum atomic E-state index is 10.8. The van der Waals surface area contributed by atoms with Crippen LogP contribution in [0.3, 0.4) is 0 Å². The van der Waals surface area contributed by atoms with E-state index in [9.17, 15) is 15.2 Å². The van der Waals surface area contributed by atoms with E-state index in [0.29, 0.717) is 12.2 Å². The first kappa shape index (κ1) is 16.1. The van der Waals surface area contributed by atoms with E-state index in [0.717, 1.165) is 0 Å². The molecule has 0 radical (unpaired) electrons. The average molecular weight is 283 g/mol. The molecule has 8 nitrogen and oxygen atoms in total. The van der Waals surface area contributed by atoms with Crippen molar-refractivity contribution in [2.24, 2.45) is 11.3 Å². The van der Waals surface area contributed by atoms with Crippen LogP contribution in [0, 0.1) is 15.5 Å². The zero-order valence-corrected chi connectivity index (χ0v) is 11.9. The largest absolute Gasteiger partial charge is 0.391 e. The summed E-state index contributed by atoms with van der Waals surface area (Å²) in [6.45, 7) is 6.34. The molecule has 1 rings (SSSR count). The highest BCUT2D eigenvalue weighted by atomic mass is 16.6. The van der Waals surface area contributed by atoms with Crippen molar-refractivity contribution in [2.45, 2.75) is 33.3 Å². The van der Waals surface area contributed by atoms with Crippen molar-refractivity contribution in [3.05, 3.63) is 22.2 Å². The summed E-state index contributed by atoms with van der Waals surface area (Å²) in [5.41, 5.74) is 2.15. The van der Waals surface area contributed by atoms with E-state index in [-0.39, 0.29) is 23.5 Å². The number of hydrogen-bond donors (Lipinski definition) is 4. The summed E-state index contributed by atoms with van der Waals surface area (Å²) in [6, 6.07) is 2.53. The molecule has 0 aliphatic rings. The lowest BCUT2D eigenvalue weighted by molar-refractivity contribution is -0.384. The summed E-state index contributed by atoms with van der Waals surface area (Å²) in [6.07, 6.45) is 0.0436. The van der Waals surface area contributed by atoms with E-state index >= 15 is 0 Å². The molecule has 0 fully saturated rings. The number of anilines is 2. The number of hydrazine groups is 1. The standard InChI is InChI=1S/C12H21N5O3/c1-12(2,3)6-9(18)7-14-10-4-8(17(19)20)5-11(15-10)16-13/h4-5,9,18H,6-7,13H2,1-3H3,(H2,14,15,16). The molecule has 1 unspecified atom stereocenters. The van der Waals surface area contributed by atoms with Gasteiger partial charge in [0.25, 0.3) is 5.69 Å². The number of rotatable bonds is 6. The van der Waals surface area contributed by atoms with Gasteiger partial charge in [0.1, 0.15) is 11.6 Å². The zero-order valence-electron chi connectivity index (χ0n) is 11.9. The molecule has 0 amide bonds. The Bertz CT molecular complexity index is 473. The Balaban J connectivity index is 2.72. The highest BCUT2D eigenvalue weighted by Gasteiger charge is 2.17. The van der Waals surface area contributed by atoms with Gasteiger partial charge in [-0.2, -0.15) is 0 Å². The van der Waals surface area contributed by atoms with E-state index < -0.39 is 11.0 Å². The summed E-state index contributed by atoms with van der Waals surface area (Å²) in [5, 5.41) is 23.5. The minimum Gasteiger partial charge on any atom is -0.391 e. The van der Waals surface area contributed by atoms with Gasteiger partial charge in [-0.3, -0.25) is 10.1 Å². The smallest absolute Gasteiger partial charge is 0.276 e. The van der Waals surface area contributed by atoms with Crippen molar-refractivity contribution in [2.75, 3.05) is 17.3 Å². The second kappa shape index (κ2) is 6.49. The van der Waals surface area contributed by atoms with E-state index in [1.165, 1.54) is 12.1 Å². The number of nitrogens with two attached hydrogens (primary N) is 1. The zero-order chi connectivity index (χ0) is 15.3. The molecule has 0 aromatic carbocycles. The molecule has 0 saturated heterocycles. The fourth-order valence-corrected chi connectivity index (χ4v) is 1.79. The van der Waals surface area contributed by atoms with Gasteiger partial charge in [0.05, 0.1) is 23.2 Å². The number of hydrogen-bond acceptors (Lipinski definition) is 7. The number of nitrogen functional groups attached to an aromatic ring is 1. The Morgan fingerprint density at radius 1 is 1.45 bits per heavy atom. The van der Waals surface area contributed by atoms with Gasteiger partial charge in [-0.25, -0.2) is 10.8 Å². The second-order valence-electron chi connectivity index (χ2n) is 5.80. The van der Waals surface area contributed by atoms with Gasteiger partial charge in [-0.05, 0) is 11.8 Å². The van der Waals surface area contributed by atoms with Gasteiger partial charge in [-0.15, -0.1) is 0 Å². The molecule has 0 spiro atoms. The van der Waals surface area contributed by atoms with Crippen molar-refractivity contribution >= 4 is 17.3 Å². The molecular weight excluding hydrogens is 262 g/mol. The highest BCUT2D eigenvalue weighted by Crippen LogP contribution is 2.22. The van der Waals surface area contributed by atoms with Crippen LogP contribution in [-0.4, -0.2) is 27.7 Å². The molecule has 5 N–H and O–H groups in total. The molecule has 0 aliphatic carbocycles. The van der Waals surface area contributed by atoms with Crippen molar-refractivity contribution in [3.63, 3.8) is 0 Å². The lowest BCUT2D eigenvalue weighted by atomic mass is 9.89. The lowest BCUT2D eigenvalue weighted by Crippen LogP contribution is -2.25. The minimum atomic E-state index is -0.564. The third-order valence-electron chi connectivity index (χ3n) is 2.54. The molecule has 1 aromatic rings. The summed E-state index contributed by atoms with van der Waals surface area (Å²) in [7, 11) is 0. The Morgan fingerprint density at radius 3 is 2.55 bits per heavy atom. The maximum absolute atomic E-state index is 10.8. The van der Waals surface area contributed by atoms with Gasteiger partial charge in [-0.1, -0.05) is 20.8 Å². The monoisotopic (exact) mass is 283 g/mol. The van der Waals surface area contributed by atoms with Gasteiger partial charge in [0.15, 0.2) is 0 Å². The molecule has 0 saturated carbocycles.